The fourth-order valence-electron chi connectivity index (χ4n) is 2.96. The Kier molecular flexibility index (Phi) is 3.38. The molecular formula is C12H19NO4. The molecule has 2 aliphatic heterocycles. The van der Waals surface area contributed by atoms with Crippen molar-refractivity contribution in [3.63, 3.8) is 0 Å². The molecule has 5 heteroatoms. The van der Waals surface area contributed by atoms with Crippen LogP contribution in [0, 0.1) is 5.92 Å². The number of hydrogen-bond acceptors (Lipinski definition) is 3. The van der Waals surface area contributed by atoms with Gasteiger partial charge in [0.2, 0.25) is 5.91 Å². The van der Waals surface area contributed by atoms with Crippen molar-refractivity contribution >= 4 is 11.9 Å². The average Bonchev–Trinajstić information content (AvgIpc) is 2.82. The summed E-state index contributed by atoms with van der Waals surface area (Å²) in [6.45, 7) is 3.83. The van der Waals surface area contributed by atoms with Gasteiger partial charge in [-0.15, -0.1) is 0 Å². The molecule has 5 nitrogen and oxygen atoms in total. The van der Waals surface area contributed by atoms with Crippen LogP contribution in [0.1, 0.15) is 33.1 Å². The van der Waals surface area contributed by atoms with E-state index in [2.05, 4.69) is 0 Å². The Balaban J connectivity index is 1.98. The number of hydrogen-bond donors (Lipinski definition) is 1. The molecule has 2 bridgehead atoms. The first-order valence-corrected chi connectivity index (χ1v) is 6.16. The van der Waals surface area contributed by atoms with E-state index in [1.165, 1.54) is 0 Å². The van der Waals surface area contributed by atoms with Crippen LogP contribution in [0.5, 0.6) is 0 Å². The molecular weight excluding hydrogens is 222 g/mol. The van der Waals surface area contributed by atoms with Gasteiger partial charge in [-0.3, -0.25) is 9.59 Å². The van der Waals surface area contributed by atoms with E-state index in [1.807, 2.05) is 13.8 Å². The van der Waals surface area contributed by atoms with Crippen LogP contribution in [-0.2, 0) is 14.3 Å². The molecule has 0 aromatic heterocycles. The summed E-state index contributed by atoms with van der Waals surface area (Å²) in [5.41, 5.74) is 0. The third kappa shape index (κ3) is 2.29. The third-order valence-corrected chi connectivity index (χ3v) is 3.68. The van der Waals surface area contributed by atoms with Gasteiger partial charge in [0, 0.05) is 12.1 Å². The fourth-order valence-corrected chi connectivity index (χ4v) is 2.96. The smallest absolute Gasteiger partial charge is 0.308 e. The molecule has 96 valence electrons. The van der Waals surface area contributed by atoms with E-state index in [-0.39, 0.29) is 36.6 Å². The SMILES string of the molecule is CC(C)OCC(=O)N1C2CCC1C(C(=O)O)C2. The molecule has 1 N–H and O–H groups in total. The lowest BCUT2D eigenvalue weighted by molar-refractivity contribution is -0.144. The maximum absolute atomic E-state index is 12.0. The van der Waals surface area contributed by atoms with Crippen LogP contribution in [0.25, 0.3) is 0 Å². The Morgan fingerprint density at radius 2 is 2.12 bits per heavy atom. The molecule has 2 fully saturated rings. The quantitative estimate of drug-likeness (QED) is 0.793. The first kappa shape index (κ1) is 12.4. The Morgan fingerprint density at radius 1 is 1.41 bits per heavy atom. The van der Waals surface area contributed by atoms with E-state index < -0.39 is 5.97 Å². The summed E-state index contributed by atoms with van der Waals surface area (Å²) >= 11 is 0. The maximum atomic E-state index is 12.0. The van der Waals surface area contributed by atoms with Crippen LogP contribution in [-0.4, -0.2) is 46.7 Å². The second kappa shape index (κ2) is 4.64. The molecule has 0 aromatic rings. The van der Waals surface area contributed by atoms with E-state index >= 15 is 0 Å². The average molecular weight is 241 g/mol. The van der Waals surface area contributed by atoms with E-state index in [9.17, 15) is 9.59 Å². The minimum atomic E-state index is -0.778. The number of aliphatic carboxylic acids is 1. The van der Waals surface area contributed by atoms with Crippen molar-refractivity contribution in [3.05, 3.63) is 0 Å². The number of ether oxygens (including phenoxy) is 1. The molecule has 0 aromatic carbocycles. The summed E-state index contributed by atoms with van der Waals surface area (Å²) in [7, 11) is 0. The van der Waals surface area contributed by atoms with Crippen LogP contribution >= 0.6 is 0 Å². The van der Waals surface area contributed by atoms with Crippen LogP contribution in [0.2, 0.25) is 0 Å². The third-order valence-electron chi connectivity index (χ3n) is 3.68. The van der Waals surface area contributed by atoms with Gasteiger partial charge in [-0.1, -0.05) is 0 Å². The molecule has 0 aliphatic carbocycles. The number of rotatable bonds is 4. The van der Waals surface area contributed by atoms with Gasteiger partial charge in [0.25, 0.3) is 0 Å². The lowest BCUT2D eigenvalue weighted by atomic mass is 9.89. The molecule has 0 radical (unpaired) electrons. The molecule has 0 saturated carbocycles. The van der Waals surface area contributed by atoms with Gasteiger partial charge in [0.15, 0.2) is 0 Å². The summed E-state index contributed by atoms with van der Waals surface area (Å²) < 4.78 is 5.30. The molecule has 1 amide bonds. The second-order valence-electron chi connectivity index (χ2n) is 5.14. The van der Waals surface area contributed by atoms with Crippen molar-refractivity contribution in [1.29, 1.82) is 0 Å². The van der Waals surface area contributed by atoms with Gasteiger partial charge in [0.1, 0.15) is 6.61 Å². The number of carbonyl (C=O) groups is 2. The van der Waals surface area contributed by atoms with Gasteiger partial charge < -0.3 is 14.7 Å². The fraction of sp³-hybridized carbons (Fsp3) is 0.833. The summed E-state index contributed by atoms with van der Waals surface area (Å²) in [5, 5.41) is 9.08. The minimum Gasteiger partial charge on any atom is -0.481 e. The highest BCUT2D eigenvalue weighted by Crippen LogP contribution is 2.41. The molecule has 2 saturated heterocycles. The van der Waals surface area contributed by atoms with Crippen molar-refractivity contribution in [2.45, 2.75) is 51.3 Å². The monoisotopic (exact) mass is 241 g/mol. The van der Waals surface area contributed by atoms with Crippen LogP contribution in [0.4, 0.5) is 0 Å². The van der Waals surface area contributed by atoms with E-state index in [0.717, 1.165) is 12.8 Å². The number of fused-ring (bicyclic) bond motifs is 2. The normalized spacial score (nSPS) is 31.2. The lowest BCUT2D eigenvalue weighted by Crippen LogP contribution is -2.40. The van der Waals surface area contributed by atoms with Crippen LogP contribution < -0.4 is 0 Å². The Labute approximate surface area is 101 Å². The summed E-state index contributed by atoms with van der Waals surface area (Å²) in [6.07, 6.45) is 2.37. The van der Waals surface area contributed by atoms with Gasteiger partial charge in [-0.2, -0.15) is 0 Å². The number of nitrogens with zero attached hydrogens (tertiary/aromatic N) is 1. The molecule has 3 unspecified atom stereocenters. The van der Waals surface area contributed by atoms with Crippen molar-refractivity contribution in [1.82, 2.24) is 4.90 Å². The summed E-state index contributed by atoms with van der Waals surface area (Å²) in [5.74, 6) is -1.22. The van der Waals surface area contributed by atoms with Crippen molar-refractivity contribution in [2.24, 2.45) is 5.92 Å². The second-order valence-corrected chi connectivity index (χ2v) is 5.14. The van der Waals surface area contributed by atoms with Crippen LogP contribution in [0.3, 0.4) is 0 Å². The van der Waals surface area contributed by atoms with Gasteiger partial charge >= 0.3 is 5.97 Å². The highest BCUT2D eigenvalue weighted by Gasteiger charge is 2.51. The highest BCUT2D eigenvalue weighted by molar-refractivity contribution is 5.81. The predicted octanol–water partition coefficient (Wildman–Crippen LogP) is 0.875. The molecule has 2 heterocycles. The maximum Gasteiger partial charge on any atom is 0.308 e. The molecule has 2 aliphatic rings. The summed E-state index contributed by atoms with van der Waals surface area (Å²) in [4.78, 5) is 24.8. The van der Waals surface area contributed by atoms with Crippen molar-refractivity contribution < 1.29 is 19.4 Å². The Bertz CT molecular complexity index is 328. The predicted molar refractivity (Wildman–Crippen MR) is 60.5 cm³/mol. The van der Waals surface area contributed by atoms with Gasteiger partial charge in [-0.25, -0.2) is 0 Å². The number of carboxylic acids is 1. The van der Waals surface area contributed by atoms with Crippen molar-refractivity contribution in [2.75, 3.05) is 6.61 Å². The minimum absolute atomic E-state index is 0.0227. The molecule has 3 atom stereocenters. The number of carbonyl (C=O) groups excluding carboxylic acids is 1. The molecule has 0 spiro atoms. The largest absolute Gasteiger partial charge is 0.481 e. The van der Waals surface area contributed by atoms with Crippen molar-refractivity contribution in [3.8, 4) is 0 Å². The van der Waals surface area contributed by atoms with Gasteiger partial charge in [0.05, 0.1) is 12.0 Å². The van der Waals surface area contributed by atoms with Gasteiger partial charge in [-0.05, 0) is 33.1 Å². The lowest BCUT2D eigenvalue weighted by Gasteiger charge is -2.23. The van der Waals surface area contributed by atoms with E-state index in [1.54, 1.807) is 4.90 Å². The first-order chi connectivity index (χ1) is 8.00. The number of carboxylic acid groups (broad SMARTS) is 1. The number of amides is 1. The molecule has 17 heavy (non-hydrogen) atoms. The standard InChI is InChI=1S/C12H19NO4/c1-7(2)17-6-11(14)13-8-3-4-10(13)9(5-8)12(15)16/h7-10H,3-6H2,1-2H3,(H,15,16). The zero-order valence-corrected chi connectivity index (χ0v) is 10.3. The summed E-state index contributed by atoms with van der Waals surface area (Å²) in [6, 6.07) is 0.00474. The van der Waals surface area contributed by atoms with E-state index in [0.29, 0.717) is 6.42 Å². The first-order valence-electron chi connectivity index (χ1n) is 6.16. The zero-order chi connectivity index (χ0) is 12.6. The Morgan fingerprint density at radius 3 is 2.65 bits per heavy atom. The molecule has 2 rings (SSSR count). The van der Waals surface area contributed by atoms with Crippen LogP contribution in [0.15, 0.2) is 0 Å². The zero-order valence-electron chi connectivity index (χ0n) is 10.3. The van der Waals surface area contributed by atoms with E-state index in [4.69, 9.17) is 9.84 Å². The highest BCUT2D eigenvalue weighted by atomic mass is 16.5. The topological polar surface area (TPSA) is 66.8 Å². The Hall–Kier alpha value is -1.10.